The number of benzene rings is 1. The van der Waals surface area contributed by atoms with E-state index < -0.39 is 0 Å². The van der Waals surface area contributed by atoms with E-state index in [0.717, 1.165) is 38.8 Å². The third-order valence-corrected chi connectivity index (χ3v) is 6.72. The standard InChI is InChI=1S/C19H23NO2/c21-17(20-10-11-22-13-18(20)7-3-8-18)16-12-19(16)9-6-14-4-1-2-5-15(14)19/h1-2,4-5,16H,3,6-13H2/t16-,19-/m0/s1. The van der Waals surface area contributed by atoms with Gasteiger partial charge in [-0.05, 0) is 49.7 Å². The molecule has 116 valence electrons. The molecule has 0 bridgehead atoms. The predicted molar refractivity (Wildman–Crippen MR) is 83.7 cm³/mol. The van der Waals surface area contributed by atoms with Gasteiger partial charge in [0.25, 0.3) is 0 Å². The molecule has 22 heavy (non-hydrogen) atoms. The molecule has 5 rings (SSSR count). The van der Waals surface area contributed by atoms with Crippen LogP contribution in [0.2, 0.25) is 0 Å². The van der Waals surface area contributed by atoms with E-state index in [1.54, 1.807) is 0 Å². The van der Waals surface area contributed by atoms with Gasteiger partial charge in [-0.2, -0.15) is 0 Å². The molecule has 4 aliphatic rings. The van der Waals surface area contributed by atoms with Crippen molar-refractivity contribution in [2.75, 3.05) is 19.8 Å². The van der Waals surface area contributed by atoms with E-state index in [9.17, 15) is 4.79 Å². The summed E-state index contributed by atoms with van der Waals surface area (Å²) in [6.07, 6.45) is 6.89. The second-order valence-electron chi connectivity index (χ2n) is 7.69. The molecule has 3 nitrogen and oxygen atoms in total. The van der Waals surface area contributed by atoms with E-state index in [2.05, 4.69) is 29.2 Å². The highest BCUT2D eigenvalue weighted by Gasteiger charge is 2.63. The zero-order chi connectivity index (χ0) is 14.8. The predicted octanol–water partition coefficient (Wildman–Crippen LogP) is 2.67. The number of rotatable bonds is 1. The second kappa shape index (κ2) is 4.35. The number of carbonyl (C=O) groups is 1. The molecule has 0 unspecified atom stereocenters. The van der Waals surface area contributed by atoms with Crippen LogP contribution in [0.25, 0.3) is 0 Å². The number of amides is 1. The van der Waals surface area contributed by atoms with Crippen LogP contribution in [0.15, 0.2) is 24.3 Å². The molecule has 2 spiro atoms. The van der Waals surface area contributed by atoms with Gasteiger partial charge in [-0.25, -0.2) is 0 Å². The third-order valence-electron chi connectivity index (χ3n) is 6.72. The SMILES string of the molecule is O=C([C@@H]1C[C@]12CCc1ccccc12)N1CCOCC12CCC2. The van der Waals surface area contributed by atoms with Crippen molar-refractivity contribution in [3.63, 3.8) is 0 Å². The fourth-order valence-electron chi connectivity index (χ4n) is 5.18. The van der Waals surface area contributed by atoms with Crippen LogP contribution in [0.3, 0.4) is 0 Å². The highest BCUT2D eigenvalue weighted by molar-refractivity contribution is 5.86. The van der Waals surface area contributed by atoms with Gasteiger partial charge in [-0.1, -0.05) is 24.3 Å². The Bertz CT molecular complexity index is 636. The molecule has 1 heterocycles. The molecule has 3 fully saturated rings. The van der Waals surface area contributed by atoms with Crippen LogP contribution in [-0.2, 0) is 21.4 Å². The number of hydrogen-bond acceptors (Lipinski definition) is 2. The molecular weight excluding hydrogens is 274 g/mol. The number of nitrogens with zero attached hydrogens (tertiary/aromatic N) is 1. The number of morpholine rings is 1. The molecular formula is C19H23NO2. The van der Waals surface area contributed by atoms with E-state index in [1.165, 1.54) is 24.0 Å². The lowest BCUT2D eigenvalue weighted by molar-refractivity contribution is -0.160. The highest BCUT2D eigenvalue weighted by Crippen LogP contribution is 2.62. The van der Waals surface area contributed by atoms with Crippen LogP contribution in [0.5, 0.6) is 0 Å². The molecule has 2 saturated carbocycles. The quantitative estimate of drug-likeness (QED) is 0.797. The van der Waals surface area contributed by atoms with E-state index in [-0.39, 0.29) is 16.9 Å². The molecule has 3 aliphatic carbocycles. The maximum Gasteiger partial charge on any atom is 0.227 e. The van der Waals surface area contributed by atoms with Crippen LogP contribution >= 0.6 is 0 Å². The zero-order valence-corrected chi connectivity index (χ0v) is 13.0. The molecule has 1 aromatic rings. The maximum atomic E-state index is 13.2. The second-order valence-corrected chi connectivity index (χ2v) is 7.69. The summed E-state index contributed by atoms with van der Waals surface area (Å²) in [7, 11) is 0. The largest absolute Gasteiger partial charge is 0.377 e. The molecule has 1 saturated heterocycles. The molecule has 3 heteroatoms. The van der Waals surface area contributed by atoms with Crippen molar-refractivity contribution >= 4 is 5.91 Å². The molecule has 1 aromatic carbocycles. The van der Waals surface area contributed by atoms with Crippen molar-refractivity contribution < 1.29 is 9.53 Å². The van der Waals surface area contributed by atoms with Crippen molar-refractivity contribution in [3.05, 3.63) is 35.4 Å². The van der Waals surface area contributed by atoms with Crippen molar-refractivity contribution in [2.24, 2.45) is 5.92 Å². The van der Waals surface area contributed by atoms with Gasteiger partial charge in [0.05, 0.1) is 18.8 Å². The number of aryl methyl sites for hydroxylation is 1. The molecule has 1 amide bonds. The van der Waals surface area contributed by atoms with Crippen molar-refractivity contribution in [3.8, 4) is 0 Å². The Morgan fingerprint density at radius 3 is 2.91 bits per heavy atom. The van der Waals surface area contributed by atoms with Crippen molar-refractivity contribution in [2.45, 2.75) is 49.5 Å². The minimum atomic E-state index is 0.0528. The van der Waals surface area contributed by atoms with Gasteiger partial charge >= 0.3 is 0 Å². The summed E-state index contributed by atoms with van der Waals surface area (Å²) in [5.74, 6) is 0.645. The molecule has 0 N–H and O–H groups in total. The summed E-state index contributed by atoms with van der Waals surface area (Å²) in [6.45, 7) is 2.27. The number of ether oxygens (including phenoxy) is 1. The first-order valence-corrected chi connectivity index (χ1v) is 8.73. The topological polar surface area (TPSA) is 29.5 Å². The summed E-state index contributed by atoms with van der Waals surface area (Å²) >= 11 is 0. The summed E-state index contributed by atoms with van der Waals surface area (Å²) in [5.41, 5.74) is 3.16. The monoisotopic (exact) mass is 297 g/mol. The van der Waals surface area contributed by atoms with Gasteiger partial charge in [-0.15, -0.1) is 0 Å². The minimum Gasteiger partial charge on any atom is -0.377 e. The van der Waals surface area contributed by atoms with Crippen LogP contribution in [0.4, 0.5) is 0 Å². The first-order chi connectivity index (χ1) is 10.8. The lowest BCUT2D eigenvalue weighted by Crippen LogP contribution is -2.63. The van der Waals surface area contributed by atoms with E-state index in [0.29, 0.717) is 12.5 Å². The summed E-state index contributed by atoms with van der Waals surface area (Å²) < 4.78 is 5.69. The van der Waals surface area contributed by atoms with Gasteiger partial charge in [0.2, 0.25) is 5.91 Å². The molecule has 0 radical (unpaired) electrons. The Morgan fingerprint density at radius 1 is 1.23 bits per heavy atom. The van der Waals surface area contributed by atoms with Gasteiger partial charge in [0, 0.05) is 17.9 Å². The summed E-state index contributed by atoms with van der Waals surface area (Å²) in [6, 6.07) is 8.76. The van der Waals surface area contributed by atoms with E-state index in [1.807, 2.05) is 0 Å². The normalized spacial score (nSPS) is 34.5. The smallest absolute Gasteiger partial charge is 0.227 e. The summed E-state index contributed by atoms with van der Waals surface area (Å²) in [5, 5.41) is 0. The lowest BCUT2D eigenvalue weighted by atomic mass is 9.75. The molecule has 2 atom stereocenters. The van der Waals surface area contributed by atoms with E-state index in [4.69, 9.17) is 4.74 Å². The Labute approximate surface area is 131 Å². The minimum absolute atomic E-state index is 0.0528. The average molecular weight is 297 g/mol. The number of fused-ring (bicyclic) bond motifs is 2. The first kappa shape index (κ1) is 13.1. The van der Waals surface area contributed by atoms with E-state index >= 15 is 0 Å². The Hall–Kier alpha value is -1.35. The first-order valence-electron chi connectivity index (χ1n) is 8.73. The Balaban J connectivity index is 1.42. The fourth-order valence-corrected chi connectivity index (χ4v) is 5.18. The number of carbonyl (C=O) groups excluding carboxylic acids is 1. The van der Waals surface area contributed by atoms with Crippen LogP contribution < -0.4 is 0 Å². The highest BCUT2D eigenvalue weighted by atomic mass is 16.5. The maximum absolute atomic E-state index is 13.2. The fraction of sp³-hybridized carbons (Fsp3) is 0.632. The van der Waals surface area contributed by atoms with Gasteiger partial charge in [0.1, 0.15) is 0 Å². The van der Waals surface area contributed by atoms with Gasteiger partial charge < -0.3 is 9.64 Å². The molecule has 0 aromatic heterocycles. The Kier molecular flexibility index (Phi) is 2.59. The number of hydrogen-bond donors (Lipinski definition) is 0. The third kappa shape index (κ3) is 1.58. The molecule has 1 aliphatic heterocycles. The van der Waals surface area contributed by atoms with Crippen LogP contribution in [-0.4, -0.2) is 36.1 Å². The van der Waals surface area contributed by atoms with Crippen molar-refractivity contribution in [1.29, 1.82) is 0 Å². The summed E-state index contributed by atoms with van der Waals surface area (Å²) in [4.78, 5) is 15.4. The Morgan fingerprint density at radius 2 is 2.09 bits per heavy atom. The van der Waals surface area contributed by atoms with Gasteiger partial charge in [-0.3, -0.25) is 4.79 Å². The lowest BCUT2D eigenvalue weighted by Gasteiger charge is -2.53. The van der Waals surface area contributed by atoms with Crippen LogP contribution in [0, 0.1) is 5.92 Å². The van der Waals surface area contributed by atoms with Gasteiger partial charge in [0.15, 0.2) is 0 Å². The van der Waals surface area contributed by atoms with Crippen molar-refractivity contribution in [1.82, 2.24) is 4.90 Å². The van der Waals surface area contributed by atoms with Crippen LogP contribution in [0.1, 0.15) is 43.2 Å². The average Bonchev–Trinajstić information content (AvgIpc) is 3.15. The zero-order valence-electron chi connectivity index (χ0n) is 13.0.